The molecule has 0 spiro atoms. The maximum absolute atomic E-state index is 6.13. The third-order valence-electron chi connectivity index (χ3n) is 6.55. The molecule has 5 nitrogen and oxygen atoms in total. The summed E-state index contributed by atoms with van der Waals surface area (Å²) in [6.45, 7) is 8.31. The van der Waals surface area contributed by atoms with Crippen LogP contribution >= 0.6 is 0 Å². The molecule has 2 aliphatic heterocycles. The second-order valence-corrected chi connectivity index (χ2v) is 8.95. The Morgan fingerprint density at radius 1 is 1.04 bits per heavy atom. The number of fused-ring (bicyclic) bond motifs is 1. The van der Waals surface area contributed by atoms with Crippen molar-refractivity contribution < 1.29 is 9.31 Å². The Hall–Kier alpha value is -1.63. The van der Waals surface area contributed by atoms with Gasteiger partial charge in [0, 0.05) is 6.04 Å². The summed E-state index contributed by atoms with van der Waals surface area (Å²) in [4.78, 5) is 8.09. The first-order valence-electron chi connectivity index (χ1n) is 9.59. The number of H-pyrrole nitrogens is 1. The lowest BCUT2D eigenvalue weighted by atomic mass is 9.79. The SMILES string of the molecule is CC1(C)OB(c2ccc(-c3cnc(C4CC5CC5N4)[nH]3)cc2)OC1(C)C. The molecule has 26 heavy (non-hydrogen) atoms. The van der Waals surface area contributed by atoms with E-state index in [-0.39, 0.29) is 18.3 Å². The van der Waals surface area contributed by atoms with Crippen LogP contribution in [-0.2, 0) is 9.31 Å². The van der Waals surface area contributed by atoms with Gasteiger partial charge in [-0.2, -0.15) is 0 Å². The van der Waals surface area contributed by atoms with E-state index < -0.39 is 0 Å². The quantitative estimate of drug-likeness (QED) is 0.835. The van der Waals surface area contributed by atoms with E-state index in [9.17, 15) is 0 Å². The number of hydrogen-bond acceptors (Lipinski definition) is 4. The molecule has 5 rings (SSSR count). The van der Waals surface area contributed by atoms with Gasteiger partial charge in [-0.1, -0.05) is 24.3 Å². The Bertz CT molecular complexity index is 804. The van der Waals surface area contributed by atoms with Crippen molar-refractivity contribution in [1.82, 2.24) is 15.3 Å². The van der Waals surface area contributed by atoms with Crippen LogP contribution in [-0.4, -0.2) is 34.3 Å². The van der Waals surface area contributed by atoms with Crippen LogP contribution in [0.3, 0.4) is 0 Å². The number of hydrogen-bond donors (Lipinski definition) is 2. The Morgan fingerprint density at radius 3 is 2.35 bits per heavy atom. The molecule has 1 aromatic heterocycles. The molecule has 3 heterocycles. The molecule has 3 atom stereocenters. The summed E-state index contributed by atoms with van der Waals surface area (Å²) in [6.07, 6.45) is 4.48. The summed E-state index contributed by atoms with van der Waals surface area (Å²) < 4.78 is 12.3. The molecular formula is C20H26BN3O2. The maximum Gasteiger partial charge on any atom is 0.494 e. The zero-order chi connectivity index (χ0) is 18.1. The molecule has 0 amide bonds. The van der Waals surface area contributed by atoms with Crippen molar-refractivity contribution in [3.63, 3.8) is 0 Å². The molecule has 0 radical (unpaired) electrons. The highest BCUT2D eigenvalue weighted by atomic mass is 16.7. The lowest BCUT2D eigenvalue weighted by Gasteiger charge is -2.32. The Morgan fingerprint density at radius 2 is 1.73 bits per heavy atom. The maximum atomic E-state index is 6.13. The first-order valence-corrected chi connectivity index (χ1v) is 9.59. The number of imidazole rings is 1. The van der Waals surface area contributed by atoms with Gasteiger partial charge in [0.05, 0.1) is 29.1 Å². The molecule has 2 aromatic rings. The van der Waals surface area contributed by atoms with Crippen LogP contribution in [0.2, 0.25) is 0 Å². The number of piperidine rings is 1. The van der Waals surface area contributed by atoms with E-state index in [1.165, 1.54) is 12.8 Å². The molecule has 2 N–H and O–H groups in total. The fraction of sp³-hybridized carbons (Fsp3) is 0.550. The molecule has 1 aromatic carbocycles. The molecule has 3 fully saturated rings. The number of aromatic nitrogens is 2. The van der Waals surface area contributed by atoms with Crippen molar-refractivity contribution in [3.05, 3.63) is 36.3 Å². The molecule has 136 valence electrons. The van der Waals surface area contributed by atoms with Crippen LogP contribution < -0.4 is 10.8 Å². The van der Waals surface area contributed by atoms with E-state index in [1.807, 2.05) is 6.20 Å². The summed E-state index contributed by atoms with van der Waals surface area (Å²) >= 11 is 0. The highest BCUT2D eigenvalue weighted by Gasteiger charge is 2.51. The average molecular weight is 351 g/mol. The predicted molar refractivity (Wildman–Crippen MR) is 102 cm³/mol. The van der Waals surface area contributed by atoms with Gasteiger partial charge in [0.25, 0.3) is 0 Å². The van der Waals surface area contributed by atoms with Gasteiger partial charge in [0.1, 0.15) is 5.82 Å². The number of rotatable bonds is 3. The van der Waals surface area contributed by atoms with Crippen LogP contribution in [0.1, 0.15) is 52.4 Å². The summed E-state index contributed by atoms with van der Waals surface area (Å²) in [5, 5.41) is 3.64. The molecule has 0 bridgehead atoms. The minimum atomic E-state index is -0.319. The normalized spacial score (nSPS) is 31.2. The highest BCUT2D eigenvalue weighted by Crippen LogP contribution is 2.45. The van der Waals surface area contributed by atoms with E-state index in [2.05, 4.69) is 67.2 Å². The van der Waals surface area contributed by atoms with Crippen molar-refractivity contribution in [2.45, 2.75) is 63.8 Å². The molecule has 3 aliphatic rings. The Balaban J connectivity index is 1.32. The Kier molecular flexibility index (Phi) is 3.46. The van der Waals surface area contributed by atoms with Crippen molar-refractivity contribution in [2.75, 3.05) is 0 Å². The third-order valence-corrected chi connectivity index (χ3v) is 6.55. The van der Waals surface area contributed by atoms with Gasteiger partial charge in [-0.25, -0.2) is 4.98 Å². The Labute approximate surface area is 155 Å². The molecular weight excluding hydrogens is 325 g/mol. The number of aromatic amines is 1. The van der Waals surface area contributed by atoms with E-state index in [1.54, 1.807) is 0 Å². The van der Waals surface area contributed by atoms with Crippen LogP contribution in [0, 0.1) is 5.92 Å². The van der Waals surface area contributed by atoms with Crippen molar-refractivity contribution in [1.29, 1.82) is 0 Å². The second kappa shape index (κ2) is 5.44. The summed E-state index contributed by atoms with van der Waals surface area (Å²) in [5.41, 5.74) is 2.60. The third kappa shape index (κ3) is 2.63. The van der Waals surface area contributed by atoms with Crippen LogP contribution in [0.15, 0.2) is 30.5 Å². The van der Waals surface area contributed by atoms with Crippen LogP contribution in [0.25, 0.3) is 11.3 Å². The highest BCUT2D eigenvalue weighted by molar-refractivity contribution is 6.62. The van der Waals surface area contributed by atoms with E-state index in [0.717, 1.165) is 34.5 Å². The average Bonchev–Trinajstić information content (AvgIpc) is 2.98. The largest absolute Gasteiger partial charge is 0.494 e. The summed E-state index contributed by atoms with van der Waals surface area (Å²) in [5.74, 6) is 1.93. The fourth-order valence-corrected chi connectivity index (χ4v) is 3.99. The van der Waals surface area contributed by atoms with Gasteiger partial charge < -0.3 is 19.6 Å². The molecule has 6 heteroatoms. The zero-order valence-electron chi connectivity index (χ0n) is 15.9. The van der Waals surface area contributed by atoms with Gasteiger partial charge in [0.15, 0.2) is 0 Å². The van der Waals surface area contributed by atoms with Gasteiger partial charge in [-0.3, -0.25) is 0 Å². The zero-order valence-corrected chi connectivity index (χ0v) is 15.9. The van der Waals surface area contributed by atoms with Gasteiger partial charge in [0.2, 0.25) is 0 Å². The first kappa shape index (κ1) is 16.5. The number of nitrogens with zero attached hydrogens (tertiary/aromatic N) is 1. The predicted octanol–water partition coefficient (Wildman–Crippen LogP) is 2.80. The van der Waals surface area contributed by atoms with E-state index >= 15 is 0 Å². The molecule has 1 aliphatic carbocycles. The van der Waals surface area contributed by atoms with Gasteiger partial charge in [-0.15, -0.1) is 0 Å². The second-order valence-electron chi connectivity index (χ2n) is 8.95. The van der Waals surface area contributed by atoms with Gasteiger partial charge in [-0.05, 0) is 57.5 Å². The molecule has 1 saturated carbocycles. The minimum Gasteiger partial charge on any atom is -0.399 e. The monoisotopic (exact) mass is 351 g/mol. The van der Waals surface area contributed by atoms with E-state index in [0.29, 0.717) is 6.04 Å². The summed E-state index contributed by atoms with van der Waals surface area (Å²) in [7, 11) is -0.319. The lowest BCUT2D eigenvalue weighted by molar-refractivity contribution is 0.00578. The fourth-order valence-electron chi connectivity index (χ4n) is 3.99. The lowest BCUT2D eigenvalue weighted by Crippen LogP contribution is -2.41. The topological polar surface area (TPSA) is 59.2 Å². The van der Waals surface area contributed by atoms with Crippen molar-refractivity contribution >= 4 is 12.6 Å². The van der Waals surface area contributed by atoms with Crippen LogP contribution in [0.4, 0.5) is 0 Å². The molecule has 2 saturated heterocycles. The standard InChI is InChI=1S/C20H26BN3O2/c1-19(2)20(3,4)26-21(25-19)14-7-5-12(6-8-14)17-11-22-18(24-17)16-10-13-9-15(13)23-16/h5-8,11,13,15-16,23H,9-10H2,1-4H3,(H,22,24). The number of nitrogens with one attached hydrogen (secondary N) is 2. The van der Waals surface area contributed by atoms with Gasteiger partial charge >= 0.3 is 7.12 Å². The number of benzene rings is 1. The smallest absolute Gasteiger partial charge is 0.399 e. The molecule has 3 unspecified atom stereocenters. The first-order chi connectivity index (χ1) is 12.3. The summed E-state index contributed by atoms with van der Waals surface area (Å²) in [6, 6.07) is 9.50. The van der Waals surface area contributed by atoms with E-state index in [4.69, 9.17) is 9.31 Å². The van der Waals surface area contributed by atoms with Crippen LogP contribution in [0.5, 0.6) is 0 Å². The van der Waals surface area contributed by atoms with Crippen molar-refractivity contribution in [2.24, 2.45) is 5.92 Å². The van der Waals surface area contributed by atoms with Crippen molar-refractivity contribution in [3.8, 4) is 11.3 Å². The minimum absolute atomic E-state index is 0.316.